The van der Waals surface area contributed by atoms with Gasteiger partial charge in [0, 0.05) is 17.8 Å². The van der Waals surface area contributed by atoms with Crippen LogP contribution >= 0.6 is 0 Å². The minimum absolute atomic E-state index is 0.0543. The molecule has 2 aliphatic rings. The van der Waals surface area contributed by atoms with Crippen LogP contribution in [0.5, 0.6) is 0 Å². The third-order valence-corrected chi connectivity index (χ3v) is 7.65. The van der Waals surface area contributed by atoms with E-state index >= 15 is 0 Å². The SMILES string of the molecule is O=C(O)c1ccc(NC(=O)C(C2CCCCC2)C2(C(O)c3ccc(F)cc3)Nc3cc(F)c(F)cc3N2)cc1. The third kappa shape index (κ3) is 5.16. The molecule has 2 unspecified atom stereocenters. The van der Waals surface area contributed by atoms with Gasteiger partial charge in [0.25, 0.3) is 0 Å². The largest absolute Gasteiger partial charge is 0.478 e. The Bertz CT molecular complexity index is 1340. The van der Waals surface area contributed by atoms with Gasteiger partial charge in [-0.05, 0) is 60.7 Å². The topological polar surface area (TPSA) is 111 Å². The highest BCUT2D eigenvalue weighted by atomic mass is 19.2. The summed E-state index contributed by atoms with van der Waals surface area (Å²) >= 11 is 0. The summed E-state index contributed by atoms with van der Waals surface area (Å²) in [5.74, 6) is -5.46. The number of hydrogen-bond donors (Lipinski definition) is 5. The lowest BCUT2D eigenvalue weighted by Gasteiger charge is -2.45. The van der Waals surface area contributed by atoms with Gasteiger partial charge in [-0.15, -0.1) is 0 Å². The Balaban J connectivity index is 1.59. The maximum Gasteiger partial charge on any atom is 0.335 e. The summed E-state index contributed by atoms with van der Waals surface area (Å²) < 4.78 is 42.2. The molecule has 5 N–H and O–H groups in total. The molecule has 1 saturated carbocycles. The molecule has 0 bridgehead atoms. The molecule has 1 heterocycles. The highest BCUT2D eigenvalue weighted by Crippen LogP contribution is 2.49. The second kappa shape index (κ2) is 10.6. The molecule has 0 radical (unpaired) electrons. The minimum atomic E-state index is -1.65. The summed E-state index contributed by atoms with van der Waals surface area (Å²) in [6.45, 7) is 0. The quantitative estimate of drug-likeness (QED) is 0.256. The summed E-state index contributed by atoms with van der Waals surface area (Å²) in [5.41, 5.74) is -0.593. The van der Waals surface area contributed by atoms with Crippen molar-refractivity contribution in [2.75, 3.05) is 16.0 Å². The Morgan fingerprint density at radius 2 is 1.44 bits per heavy atom. The van der Waals surface area contributed by atoms with Gasteiger partial charge >= 0.3 is 5.97 Å². The molecule has 0 saturated heterocycles. The molecule has 0 spiro atoms. The second-order valence-electron chi connectivity index (χ2n) is 10.1. The Kier molecular flexibility index (Phi) is 7.22. The fraction of sp³-hybridized carbons (Fsp3) is 0.310. The van der Waals surface area contributed by atoms with E-state index in [-0.39, 0.29) is 22.9 Å². The van der Waals surface area contributed by atoms with Gasteiger partial charge in [-0.3, -0.25) is 4.79 Å². The summed E-state index contributed by atoms with van der Waals surface area (Å²) in [5, 5.41) is 30.1. The van der Waals surface area contributed by atoms with Crippen molar-refractivity contribution < 1.29 is 33.0 Å². The number of aliphatic hydroxyl groups is 1. The van der Waals surface area contributed by atoms with Crippen molar-refractivity contribution in [3.05, 3.63) is 89.2 Å². The molecule has 3 aromatic carbocycles. The van der Waals surface area contributed by atoms with Gasteiger partial charge in [0.15, 0.2) is 17.3 Å². The lowest BCUT2D eigenvalue weighted by molar-refractivity contribution is -0.126. The lowest BCUT2D eigenvalue weighted by atomic mass is 9.70. The predicted octanol–water partition coefficient (Wildman–Crippen LogP) is 5.90. The number of hydrogen-bond acceptors (Lipinski definition) is 5. The van der Waals surface area contributed by atoms with Gasteiger partial charge in [-0.1, -0.05) is 31.4 Å². The molecule has 1 amide bonds. The first-order chi connectivity index (χ1) is 18.7. The number of aliphatic hydroxyl groups excluding tert-OH is 1. The molecule has 1 aliphatic carbocycles. The molecule has 204 valence electrons. The Labute approximate surface area is 223 Å². The van der Waals surface area contributed by atoms with E-state index in [2.05, 4.69) is 16.0 Å². The van der Waals surface area contributed by atoms with Crippen LogP contribution in [-0.4, -0.2) is 27.8 Å². The molecule has 1 aliphatic heterocycles. The smallest absolute Gasteiger partial charge is 0.335 e. The Hall–Kier alpha value is -4.05. The normalized spacial score (nSPS) is 17.8. The van der Waals surface area contributed by atoms with E-state index in [0.717, 1.165) is 31.4 Å². The molecule has 7 nitrogen and oxygen atoms in total. The zero-order valence-electron chi connectivity index (χ0n) is 20.9. The number of carboxylic acid groups (broad SMARTS) is 1. The van der Waals surface area contributed by atoms with Crippen LogP contribution in [0.3, 0.4) is 0 Å². The third-order valence-electron chi connectivity index (χ3n) is 7.65. The van der Waals surface area contributed by atoms with Gasteiger partial charge in [0.2, 0.25) is 5.91 Å². The summed E-state index contributed by atoms with van der Waals surface area (Å²) in [6, 6.07) is 12.8. The summed E-state index contributed by atoms with van der Waals surface area (Å²) in [7, 11) is 0. The maximum atomic E-state index is 14.2. The van der Waals surface area contributed by atoms with Crippen molar-refractivity contribution in [3.8, 4) is 0 Å². The highest BCUT2D eigenvalue weighted by molar-refractivity contribution is 5.96. The zero-order valence-corrected chi connectivity index (χ0v) is 20.9. The first-order valence-corrected chi connectivity index (χ1v) is 12.8. The van der Waals surface area contributed by atoms with Crippen molar-refractivity contribution in [1.82, 2.24) is 0 Å². The second-order valence-corrected chi connectivity index (χ2v) is 10.1. The Morgan fingerprint density at radius 3 is 1.97 bits per heavy atom. The highest BCUT2D eigenvalue weighted by Gasteiger charge is 2.55. The van der Waals surface area contributed by atoms with E-state index in [1.54, 1.807) is 0 Å². The first-order valence-electron chi connectivity index (χ1n) is 12.8. The van der Waals surface area contributed by atoms with E-state index in [0.29, 0.717) is 24.1 Å². The fourth-order valence-corrected chi connectivity index (χ4v) is 5.78. The molecule has 5 rings (SSSR count). The number of carbonyl (C=O) groups excluding carboxylic acids is 1. The number of halogens is 3. The number of aromatic carboxylic acids is 1. The van der Waals surface area contributed by atoms with Crippen molar-refractivity contribution in [2.45, 2.75) is 43.9 Å². The van der Waals surface area contributed by atoms with Gasteiger partial charge in [0.05, 0.1) is 22.9 Å². The van der Waals surface area contributed by atoms with Crippen LogP contribution in [0.1, 0.15) is 54.1 Å². The molecule has 1 fully saturated rings. The van der Waals surface area contributed by atoms with Crippen LogP contribution in [0.15, 0.2) is 60.7 Å². The van der Waals surface area contributed by atoms with Crippen LogP contribution in [0.2, 0.25) is 0 Å². The lowest BCUT2D eigenvalue weighted by Crippen LogP contribution is -2.60. The van der Waals surface area contributed by atoms with E-state index in [4.69, 9.17) is 0 Å². The number of anilines is 3. The van der Waals surface area contributed by atoms with E-state index in [9.17, 15) is 33.0 Å². The van der Waals surface area contributed by atoms with Crippen molar-refractivity contribution in [3.63, 3.8) is 0 Å². The number of fused-ring (bicyclic) bond motifs is 1. The van der Waals surface area contributed by atoms with Gasteiger partial charge in [-0.25, -0.2) is 18.0 Å². The van der Waals surface area contributed by atoms with Crippen LogP contribution in [-0.2, 0) is 4.79 Å². The number of carboxylic acids is 1. The molecule has 3 aromatic rings. The van der Waals surface area contributed by atoms with Gasteiger partial charge in [0.1, 0.15) is 11.9 Å². The number of rotatable bonds is 7. The van der Waals surface area contributed by atoms with E-state index in [1.807, 2.05) is 0 Å². The first kappa shape index (κ1) is 26.6. The van der Waals surface area contributed by atoms with Crippen molar-refractivity contribution in [1.29, 1.82) is 0 Å². The zero-order chi connectivity index (χ0) is 27.7. The van der Waals surface area contributed by atoms with Crippen molar-refractivity contribution in [2.24, 2.45) is 11.8 Å². The monoisotopic (exact) mass is 539 g/mol. The molecule has 2 atom stereocenters. The van der Waals surface area contributed by atoms with Crippen LogP contribution in [0.4, 0.5) is 30.2 Å². The van der Waals surface area contributed by atoms with Gasteiger partial charge < -0.3 is 26.2 Å². The average Bonchev–Trinajstić information content (AvgIpc) is 3.28. The Morgan fingerprint density at radius 1 is 0.872 bits per heavy atom. The number of nitrogens with one attached hydrogen (secondary N) is 3. The molecule has 0 aromatic heterocycles. The van der Waals surface area contributed by atoms with Crippen molar-refractivity contribution >= 4 is 28.9 Å². The van der Waals surface area contributed by atoms with Crippen LogP contribution in [0.25, 0.3) is 0 Å². The molecule has 10 heteroatoms. The molecular formula is C29H28F3N3O4. The number of benzene rings is 3. The number of carbonyl (C=O) groups is 2. The average molecular weight is 540 g/mol. The van der Waals surface area contributed by atoms with E-state index in [1.165, 1.54) is 48.5 Å². The van der Waals surface area contributed by atoms with Gasteiger partial charge in [-0.2, -0.15) is 0 Å². The standard InChI is InChI=1S/C29H28F3N3O4/c30-19-10-6-17(7-11-19)26(36)29(34-23-14-21(31)22(32)15-24(23)35-29)25(16-4-2-1-3-5-16)27(37)33-20-12-8-18(9-13-20)28(38)39/h6-16,25-26,34-36H,1-5H2,(H,33,37)(H,38,39). The van der Waals surface area contributed by atoms with E-state index < -0.39 is 47.0 Å². The molecular weight excluding hydrogens is 511 g/mol. The summed E-state index contributed by atoms with van der Waals surface area (Å²) in [6.07, 6.45) is 2.63. The maximum absolute atomic E-state index is 14.2. The minimum Gasteiger partial charge on any atom is -0.478 e. The van der Waals surface area contributed by atoms with Crippen LogP contribution in [0, 0.1) is 29.3 Å². The summed E-state index contributed by atoms with van der Waals surface area (Å²) in [4.78, 5) is 25.3. The fourth-order valence-electron chi connectivity index (χ4n) is 5.78. The van der Waals surface area contributed by atoms with Crippen LogP contribution < -0.4 is 16.0 Å². The predicted molar refractivity (Wildman–Crippen MR) is 140 cm³/mol. The molecule has 39 heavy (non-hydrogen) atoms. The number of amides is 1.